The third kappa shape index (κ3) is 5.05. The molecule has 0 bridgehead atoms. The van der Waals surface area contributed by atoms with Crippen molar-refractivity contribution in [2.75, 3.05) is 36.0 Å². The fourth-order valence-corrected chi connectivity index (χ4v) is 7.22. The first-order chi connectivity index (χ1) is 20.7. The summed E-state index contributed by atoms with van der Waals surface area (Å²) in [6.07, 6.45) is -0.917. The van der Waals surface area contributed by atoms with Crippen LogP contribution in [0.4, 0.5) is 28.4 Å². The van der Waals surface area contributed by atoms with Crippen molar-refractivity contribution >= 4 is 49.3 Å². The number of hydrogen-bond donors (Lipinski definition) is 0. The minimum Gasteiger partial charge on any atom is -0.367 e. The van der Waals surface area contributed by atoms with Crippen LogP contribution in [0.15, 0.2) is 54.9 Å². The third-order valence-electron chi connectivity index (χ3n) is 8.27. The average Bonchev–Trinajstić information content (AvgIpc) is 3.59. The van der Waals surface area contributed by atoms with Gasteiger partial charge in [-0.2, -0.15) is 18.3 Å². The van der Waals surface area contributed by atoms with E-state index in [9.17, 15) is 22.4 Å². The molecule has 2 aliphatic rings. The van der Waals surface area contributed by atoms with E-state index in [1.807, 2.05) is 24.0 Å². The fourth-order valence-electron chi connectivity index (χ4n) is 6.20. The minimum atomic E-state index is -4.47. The van der Waals surface area contributed by atoms with Gasteiger partial charge in [0.1, 0.15) is 12.4 Å². The summed E-state index contributed by atoms with van der Waals surface area (Å²) in [5.41, 5.74) is 2.34. The normalized spacial score (nSPS) is 17.6. The zero-order valence-electron chi connectivity index (χ0n) is 23.2. The van der Waals surface area contributed by atoms with E-state index in [2.05, 4.69) is 20.0 Å². The molecule has 1 fully saturated rings. The largest absolute Gasteiger partial charge is 0.416 e. The number of nitrogens with zero attached hydrogens (tertiary/aromatic N) is 7. The van der Waals surface area contributed by atoms with Gasteiger partial charge >= 0.3 is 6.18 Å². The van der Waals surface area contributed by atoms with Crippen LogP contribution in [-0.4, -0.2) is 62.8 Å². The van der Waals surface area contributed by atoms with E-state index in [0.29, 0.717) is 58.3 Å². The summed E-state index contributed by atoms with van der Waals surface area (Å²) in [5, 5.41) is 5.83. The van der Waals surface area contributed by atoms with E-state index >= 15 is 0 Å². The molecule has 222 valence electrons. The predicted octanol–water partition coefficient (Wildman–Crippen LogP) is 5.50. The highest BCUT2D eigenvalue weighted by molar-refractivity contribution is 7.22. The zero-order chi connectivity index (χ0) is 29.9. The molecule has 2 aromatic carbocycles. The standard InChI is InChI=1S/C30H27F4N7OS/c1-18-15-38(11-12-40(18)27(42)17-41-28-19(14-36-41)3-2-9-35-28)25-7-5-23(30(32,33)34)21-8-10-39(16-22(21)25)29-37-24-6-4-20(31)13-26(24)43-29/h2-7,9,13-14,18H,8,10-12,15-17H2,1H3/t18-/m1/s1. The van der Waals surface area contributed by atoms with Crippen molar-refractivity contribution in [3.63, 3.8) is 0 Å². The summed E-state index contributed by atoms with van der Waals surface area (Å²) >= 11 is 1.33. The minimum absolute atomic E-state index is 0.0571. The van der Waals surface area contributed by atoms with E-state index in [1.165, 1.54) is 29.5 Å². The molecule has 0 saturated carbocycles. The lowest BCUT2D eigenvalue weighted by Crippen LogP contribution is -2.55. The fraction of sp³-hybridized carbons (Fsp3) is 0.333. The number of piperazine rings is 1. The molecule has 7 rings (SSSR count). The molecule has 0 aliphatic carbocycles. The number of halogens is 4. The van der Waals surface area contributed by atoms with Crippen molar-refractivity contribution in [3.8, 4) is 0 Å². The van der Waals surface area contributed by atoms with Crippen LogP contribution in [0.5, 0.6) is 0 Å². The first-order valence-electron chi connectivity index (χ1n) is 14.0. The first-order valence-corrected chi connectivity index (χ1v) is 14.8. The number of carbonyl (C=O) groups excluding carboxylic acids is 1. The second kappa shape index (κ2) is 10.5. The van der Waals surface area contributed by atoms with Crippen LogP contribution in [0.2, 0.25) is 0 Å². The molecule has 43 heavy (non-hydrogen) atoms. The Morgan fingerprint density at radius 3 is 2.74 bits per heavy atom. The highest BCUT2D eigenvalue weighted by Crippen LogP contribution is 2.42. The second-order valence-corrected chi connectivity index (χ2v) is 12.0. The van der Waals surface area contributed by atoms with E-state index in [0.717, 1.165) is 11.1 Å². The molecular weight excluding hydrogens is 582 g/mol. The summed E-state index contributed by atoms with van der Waals surface area (Å²) in [6.45, 7) is 4.01. The number of thiazole rings is 1. The number of rotatable bonds is 4. The third-order valence-corrected chi connectivity index (χ3v) is 9.35. The van der Waals surface area contributed by atoms with Crippen LogP contribution in [0.1, 0.15) is 23.6 Å². The Hall–Kier alpha value is -4.26. The van der Waals surface area contributed by atoms with Gasteiger partial charge in [0.2, 0.25) is 5.91 Å². The first kappa shape index (κ1) is 27.6. The molecule has 13 heteroatoms. The van der Waals surface area contributed by atoms with Gasteiger partial charge in [-0.25, -0.2) is 19.0 Å². The van der Waals surface area contributed by atoms with Crippen LogP contribution >= 0.6 is 11.3 Å². The summed E-state index contributed by atoms with van der Waals surface area (Å²) < 4.78 is 58.3. The van der Waals surface area contributed by atoms with Crippen molar-refractivity contribution in [1.29, 1.82) is 0 Å². The number of benzene rings is 2. The smallest absolute Gasteiger partial charge is 0.367 e. The van der Waals surface area contributed by atoms with Crippen molar-refractivity contribution in [1.82, 2.24) is 24.6 Å². The van der Waals surface area contributed by atoms with Crippen molar-refractivity contribution in [2.24, 2.45) is 0 Å². The quantitative estimate of drug-likeness (QED) is 0.251. The lowest BCUT2D eigenvalue weighted by Gasteiger charge is -2.43. The van der Waals surface area contributed by atoms with Gasteiger partial charge in [0.05, 0.1) is 22.0 Å². The highest BCUT2D eigenvalue weighted by atomic mass is 32.1. The molecule has 1 saturated heterocycles. The Morgan fingerprint density at radius 2 is 1.93 bits per heavy atom. The van der Waals surface area contributed by atoms with Gasteiger partial charge in [0.15, 0.2) is 10.8 Å². The van der Waals surface area contributed by atoms with E-state index in [1.54, 1.807) is 34.1 Å². The zero-order valence-corrected chi connectivity index (χ0v) is 24.0. The maximum atomic E-state index is 14.1. The van der Waals surface area contributed by atoms with Crippen LogP contribution in [0.25, 0.3) is 21.3 Å². The average molecular weight is 610 g/mol. The Balaban J connectivity index is 1.14. The molecule has 8 nitrogen and oxygen atoms in total. The predicted molar refractivity (Wildman–Crippen MR) is 157 cm³/mol. The van der Waals surface area contributed by atoms with Crippen LogP contribution < -0.4 is 9.80 Å². The molecule has 0 unspecified atom stereocenters. The number of fused-ring (bicyclic) bond motifs is 3. The van der Waals surface area contributed by atoms with Gasteiger partial charge in [-0.1, -0.05) is 11.3 Å². The number of hydrogen-bond acceptors (Lipinski definition) is 7. The van der Waals surface area contributed by atoms with Crippen molar-refractivity contribution in [2.45, 2.75) is 38.7 Å². The molecule has 5 heterocycles. The van der Waals surface area contributed by atoms with Crippen molar-refractivity contribution < 1.29 is 22.4 Å². The molecule has 2 aliphatic heterocycles. The monoisotopic (exact) mass is 609 g/mol. The van der Waals surface area contributed by atoms with Crippen molar-refractivity contribution in [3.05, 3.63) is 77.4 Å². The summed E-state index contributed by atoms with van der Waals surface area (Å²) in [7, 11) is 0. The number of amides is 1. The van der Waals surface area contributed by atoms with Gasteiger partial charge in [0.25, 0.3) is 0 Å². The Kier molecular flexibility index (Phi) is 6.71. The molecule has 0 spiro atoms. The number of anilines is 2. The molecule has 5 aromatic rings. The summed E-state index contributed by atoms with van der Waals surface area (Å²) in [4.78, 5) is 28.1. The lowest BCUT2D eigenvalue weighted by molar-refractivity contribution is -0.138. The molecule has 3 aromatic heterocycles. The van der Waals surface area contributed by atoms with Gasteiger partial charge in [-0.3, -0.25) is 4.79 Å². The van der Waals surface area contributed by atoms with E-state index in [4.69, 9.17) is 0 Å². The van der Waals surface area contributed by atoms with Crippen LogP contribution in [0, 0.1) is 5.82 Å². The van der Waals surface area contributed by atoms with Crippen LogP contribution in [0.3, 0.4) is 0 Å². The summed E-state index contributed by atoms with van der Waals surface area (Å²) in [5.74, 6) is -0.444. The van der Waals surface area contributed by atoms with E-state index in [-0.39, 0.29) is 37.3 Å². The SMILES string of the molecule is C[C@@H]1CN(c2ccc(C(F)(F)F)c3c2CN(c2nc4ccc(F)cc4s2)CC3)CCN1C(=O)Cn1ncc2cccnc21. The Bertz CT molecular complexity index is 1850. The maximum absolute atomic E-state index is 14.1. The number of carbonyl (C=O) groups is 1. The van der Waals surface area contributed by atoms with Crippen LogP contribution in [-0.2, 0) is 30.5 Å². The molecular formula is C30H27F4N7OS. The Labute approximate surface area is 248 Å². The summed E-state index contributed by atoms with van der Waals surface area (Å²) in [6, 6.07) is 10.7. The Morgan fingerprint density at radius 1 is 1.07 bits per heavy atom. The maximum Gasteiger partial charge on any atom is 0.416 e. The van der Waals surface area contributed by atoms with Gasteiger partial charge in [-0.15, -0.1) is 0 Å². The topological polar surface area (TPSA) is 70.4 Å². The molecule has 1 amide bonds. The number of alkyl halides is 3. The second-order valence-electron chi connectivity index (χ2n) is 11.0. The highest BCUT2D eigenvalue weighted by Gasteiger charge is 2.38. The number of pyridine rings is 1. The van der Waals surface area contributed by atoms with Gasteiger partial charge in [-0.05, 0) is 66.9 Å². The van der Waals surface area contributed by atoms with Gasteiger partial charge in [0, 0.05) is 56.0 Å². The molecule has 0 N–H and O–H groups in total. The van der Waals surface area contributed by atoms with Gasteiger partial charge < -0.3 is 14.7 Å². The lowest BCUT2D eigenvalue weighted by atomic mass is 9.91. The number of aromatic nitrogens is 4. The molecule has 1 atom stereocenters. The van der Waals surface area contributed by atoms with E-state index < -0.39 is 11.7 Å². The molecule has 0 radical (unpaired) electrons.